The van der Waals surface area contributed by atoms with Crippen LogP contribution in [0.3, 0.4) is 0 Å². The molecule has 1 amide bonds. The molecule has 55 heavy (non-hydrogen) atoms. The Labute approximate surface area is 378 Å². The minimum atomic E-state index is -0.525. The van der Waals surface area contributed by atoms with Crippen LogP contribution < -0.4 is 62.9 Å². The summed E-state index contributed by atoms with van der Waals surface area (Å²) in [6.45, 7) is 6.83. The molecule has 19 heteroatoms. The summed E-state index contributed by atoms with van der Waals surface area (Å²) in [5.41, 5.74) is 19.3. The van der Waals surface area contributed by atoms with Gasteiger partial charge in [0.2, 0.25) is 0 Å². The number of piperidine rings is 1. The van der Waals surface area contributed by atoms with Crippen molar-refractivity contribution < 1.29 is 66.4 Å². The zero-order valence-corrected chi connectivity index (χ0v) is 38.4. The summed E-state index contributed by atoms with van der Waals surface area (Å²) < 4.78 is 14.0. The number of ether oxygens (including phenoxy) is 1. The van der Waals surface area contributed by atoms with Gasteiger partial charge in [-0.15, -0.1) is 0 Å². The number of likely N-dealkylation sites (tertiary alicyclic amines) is 1. The third-order valence-electron chi connectivity index (χ3n) is 9.78. The molecule has 6 aromatic rings. The molecule has 1 aliphatic heterocycles. The molecule has 0 spiro atoms. The van der Waals surface area contributed by atoms with E-state index < -0.39 is 5.60 Å². The quantitative estimate of drug-likeness (QED) is 0.242. The summed E-state index contributed by atoms with van der Waals surface area (Å²) in [6.07, 6.45) is 18.8. The third kappa shape index (κ3) is 9.13. The van der Waals surface area contributed by atoms with Gasteiger partial charge in [0.15, 0.2) is 11.3 Å². The molecule has 1 unspecified atom stereocenters. The van der Waals surface area contributed by atoms with Crippen molar-refractivity contribution >= 4 is 60.9 Å². The van der Waals surface area contributed by atoms with Gasteiger partial charge in [0, 0.05) is 73.7 Å². The molecule has 288 valence electrons. The van der Waals surface area contributed by atoms with Gasteiger partial charge in [-0.2, -0.15) is 29.4 Å². The molecular weight excluding hydrogens is 861 g/mol. The van der Waals surface area contributed by atoms with E-state index in [9.17, 15) is 4.79 Å². The van der Waals surface area contributed by atoms with Crippen LogP contribution in [0, 0.1) is 0 Å². The molecule has 5 N–H and O–H groups in total. The van der Waals surface area contributed by atoms with Crippen molar-refractivity contribution in [2.45, 2.75) is 83.2 Å². The van der Waals surface area contributed by atoms with Gasteiger partial charge in [-0.25, -0.2) is 14.8 Å². The predicted octanol–water partition coefficient (Wildman–Crippen LogP) is 3.94. The Morgan fingerprint density at radius 3 is 1.67 bits per heavy atom. The average Bonchev–Trinajstić information content (AvgIpc) is 3.95. The number of fused-ring (bicyclic) bond motifs is 2. The summed E-state index contributed by atoms with van der Waals surface area (Å²) in [5, 5.41) is 17.3. The number of carbonyl (C=O) groups is 1. The Hall–Kier alpha value is -2.91. The number of nitrogen functional groups attached to an aromatic ring is 2. The van der Waals surface area contributed by atoms with Gasteiger partial charge in [-0.1, -0.05) is 19.3 Å². The van der Waals surface area contributed by atoms with Gasteiger partial charge < -0.3 is 26.6 Å². The topological polar surface area (TPSA) is 208 Å². The summed E-state index contributed by atoms with van der Waals surface area (Å²) in [5.74, 6) is 1.62. The van der Waals surface area contributed by atoms with Gasteiger partial charge in [-0.05, 0) is 78.3 Å². The Bertz CT molecular complexity index is 2290. The standard InChI is InChI=1S/C20H26BrN7O2.C16H19BrN6.K.H2O/c1-20(2,3)30-19(29)27-7-5-6-12(11-27)16-15(21)17(22)28-18(25-16)14(9-24-28)13-8-23-26(4)10-13;1-22-9-11(7-19-22)12-8-20-23-15(18)13(17)14(21-16(12)23)10-5-3-2-4-6-10;;/h8-10,12H,5-7,11,22H2,1-4H3;7-10H,2-6,18H2,1H3;;1H2/q;;+1;/p-1. The fourth-order valence-corrected chi connectivity index (χ4v) is 8.32. The normalized spacial score (nSPS) is 16.3. The number of halogens is 2. The average molecular weight is 908 g/mol. The largest absolute Gasteiger partial charge is 1.00 e. The second-order valence-corrected chi connectivity index (χ2v) is 16.5. The van der Waals surface area contributed by atoms with Crippen molar-refractivity contribution in [3.63, 3.8) is 0 Å². The van der Waals surface area contributed by atoms with Gasteiger partial charge in [0.25, 0.3) is 0 Å². The second-order valence-electron chi connectivity index (χ2n) is 14.9. The third-order valence-corrected chi connectivity index (χ3v) is 11.4. The van der Waals surface area contributed by atoms with Gasteiger partial charge >= 0.3 is 57.5 Å². The SMILES string of the molecule is Cn1cc(-c2cnn3c(N)c(Br)c(C4CCCCC4)nc23)cn1.Cn1cc(-c2cnn3c(N)c(Br)c(C4CCCN(C(=O)OC(C)(C)C)C4)nc23)cn1.[K+].[OH-]. The van der Waals surface area contributed by atoms with Crippen LogP contribution in [0.25, 0.3) is 33.5 Å². The Balaban J connectivity index is 0.000000210. The molecule has 1 atom stereocenters. The van der Waals surface area contributed by atoms with Crippen LogP contribution in [-0.2, 0) is 18.8 Å². The van der Waals surface area contributed by atoms with Gasteiger partial charge in [0.05, 0.1) is 45.1 Å². The number of carbonyl (C=O) groups excluding carboxylic acids is 1. The monoisotopic (exact) mass is 905 g/mol. The van der Waals surface area contributed by atoms with E-state index in [1.165, 1.54) is 32.1 Å². The minimum absolute atomic E-state index is 0. The van der Waals surface area contributed by atoms with E-state index >= 15 is 0 Å². The van der Waals surface area contributed by atoms with Gasteiger partial charge in [0.1, 0.15) is 17.2 Å². The van der Waals surface area contributed by atoms with Crippen LogP contribution in [-0.4, -0.2) is 83.9 Å². The van der Waals surface area contributed by atoms with E-state index in [2.05, 4.69) is 52.3 Å². The number of aryl methyl sites for hydroxylation is 2. The molecule has 0 aromatic carbocycles. The van der Waals surface area contributed by atoms with Crippen molar-refractivity contribution in [1.29, 1.82) is 0 Å². The minimum Gasteiger partial charge on any atom is -0.870 e. The van der Waals surface area contributed by atoms with Crippen molar-refractivity contribution in [3.05, 3.63) is 57.5 Å². The molecule has 6 aromatic heterocycles. The van der Waals surface area contributed by atoms with E-state index in [-0.39, 0.29) is 68.9 Å². The molecular formula is C36H46Br2KN13O3. The molecule has 0 bridgehead atoms. The molecule has 1 saturated carbocycles. The molecule has 16 nitrogen and oxygen atoms in total. The first-order chi connectivity index (χ1) is 25.3. The van der Waals surface area contributed by atoms with Crippen molar-refractivity contribution in [1.82, 2.24) is 53.7 Å². The van der Waals surface area contributed by atoms with Crippen LogP contribution in [0.15, 0.2) is 46.1 Å². The van der Waals surface area contributed by atoms with E-state index in [1.807, 2.05) is 59.7 Å². The number of anilines is 2. The van der Waals surface area contributed by atoms with E-state index in [4.69, 9.17) is 26.2 Å². The van der Waals surface area contributed by atoms with E-state index in [0.717, 1.165) is 56.6 Å². The first-order valence-electron chi connectivity index (χ1n) is 17.9. The van der Waals surface area contributed by atoms with Crippen LogP contribution in [0.4, 0.5) is 16.4 Å². The maximum atomic E-state index is 12.6. The van der Waals surface area contributed by atoms with Crippen molar-refractivity contribution in [2.75, 3.05) is 24.6 Å². The number of hydrogen-bond donors (Lipinski definition) is 2. The van der Waals surface area contributed by atoms with E-state index in [1.54, 1.807) is 35.7 Å². The first kappa shape index (κ1) is 43.2. The maximum absolute atomic E-state index is 12.6. The van der Waals surface area contributed by atoms with Crippen LogP contribution in [0.2, 0.25) is 0 Å². The zero-order valence-electron chi connectivity index (χ0n) is 32.1. The molecule has 0 radical (unpaired) electrons. The maximum Gasteiger partial charge on any atom is 1.00 e. The number of nitrogens with zero attached hydrogens (tertiary/aromatic N) is 11. The second kappa shape index (κ2) is 17.7. The van der Waals surface area contributed by atoms with E-state index in [0.29, 0.717) is 40.8 Å². The first-order valence-corrected chi connectivity index (χ1v) is 19.5. The summed E-state index contributed by atoms with van der Waals surface area (Å²) >= 11 is 7.25. The molecule has 7 heterocycles. The summed E-state index contributed by atoms with van der Waals surface area (Å²) in [6, 6.07) is 0. The number of nitrogens with two attached hydrogens (primary N) is 2. The fourth-order valence-electron chi connectivity index (χ4n) is 7.16. The van der Waals surface area contributed by atoms with Crippen LogP contribution in [0.1, 0.15) is 88.9 Å². The number of aromatic nitrogens is 10. The Morgan fingerprint density at radius 1 is 0.745 bits per heavy atom. The van der Waals surface area contributed by atoms with Crippen LogP contribution >= 0.6 is 31.9 Å². The summed E-state index contributed by atoms with van der Waals surface area (Å²) in [4.78, 5) is 24.2. The number of rotatable bonds is 4. The summed E-state index contributed by atoms with van der Waals surface area (Å²) in [7, 11) is 3.77. The Morgan fingerprint density at radius 2 is 1.22 bits per heavy atom. The van der Waals surface area contributed by atoms with Crippen molar-refractivity contribution in [3.8, 4) is 22.3 Å². The van der Waals surface area contributed by atoms with Crippen LogP contribution in [0.5, 0.6) is 0 Å². The van der Waals surface area contributed by atoms with Crippen molar-refractivity contribution in [2.24, 2.45) is 14.1 Å². The molecule has 2 aliphatic rings. The predicted molar refractivity (Wildman–Crippen MR) is 212 cm³/mol. The molecule has 2 fully saturated rings. The number of amides is 1. The smallest absolute Gasteiger partial charge is 0.870 e. The molecule has 8 rings (SSSR count). The Kier molecular flexibility index (Phi) is 13.9. The zero-order chi connectivity index (χ0) is 37.6. The molecule has 1 aliphatic carbocycles. The van der Waals surface area contributed by atoms with Gasteiger partial charge in [-0.3, -0.25) is 9.36 Å². The fraction of sp³-hybridized carbons (Fsp3) is 0.472. The number of hydrogen-bond acceptors (Lipinski definition) is 11. The molecule has 1 saturated heterocycles.